The lowest BCUT2D eigenvalue weighted by atomic mass is 9.65. The molecule has 1 aliphatic rings. The highest BCUT2D eigenvalue weighted by molar-refractivity contribution is 7.09. The number of nitrogen functional groups attached to an aromatic ring is 1. The van der Waals surface area contributed by atoms with Crippen LogP contribution in [0.3, 0.4) is 0 Å². The summed E-state index contributed by atoms with van der Waals surface area (Å²) in [5, 5.41) is 9.33. The molecule has 3 nitrogen and oxygen atoms in total. The van der Waals surface area contributed by atoms with Crippen LogP contribution in [-0.4, -0.2) is 10.2 Å². The Hall–Kier alpha value is -1.42. The Morgan fingerprint density at radius 2 is 2.19 bits per heavy atom. The molecule has 0 saturated heterocycles. The van der Waals surface area contributed by atoms with Crippen molar-refractivity contribution < 1.29 is 0 Å². The molecule has 1 fully saturated rings. The van der Waals surface area contributed by atoms with Crippen LogP contribution in [-0.2, 0) is 5.41 Å². The molecule has 0 spiro atoms. The molecule has 16 heavy (non-hydrogen) atoms. The van der Waals surface area contributed by atoms with Crippen LogP contribution in [0.1, 0.15) is 29.8 Å². The van der Waals surface area contributed by atoms with E-state index in [9.17, 15) is 0 Å². The topological polar surface area (TPSA) is 51.8 Å². The average Bonchev–Trinajstić information content (AvgIpc) is 2.70. The van der Waals surface area contributed by atoms with Gasteiger partial charge in [-0.05, 0) is 30.5 Å². The van der Waals surface area contributed by atoms with E-state index in [-0.39, 0.29) is 5.41 Å². The first-order chi connectivity index (χ1) is 7.81. The number of aromatic nitrogens is 2. The van der Waals surface area contributed by atoms with Crippen molar-refractivity contribution in [2.45, 2.75) is 24.7 Å². The second-order valence-electron chi connectivity index (χ2n) is 4.31. The van der Waals surface area contributed by atoms with Gasteiger partial charge in [0, 0.05) is 11.1 Å². The third kappa shape index (κ3) is 1.33. The Labute approximate surface area is 98.3 Å². The Morgan fingerprint density at radius 1 is 1.31 bits per heavy atom. The second-order valence-corrected chi connectivity index (χ2v) is 5.14. The van der Waals surface area contributed by atoms with Gasteiger partial charge in [-0.2, -0.15) is 0 Å². The summed E-state index contributed by atoms with van der Waals surface area (Å²) in [5.74, 6) is 0. The summed E-state index contributed by atoms with van der Waals surface area (Å²) >= 11 is 1.64. The van der Waals surface area contributed by atoms with Gasteiger partial charge in [0.2, 0.25) is 0 Å². The Balaban J connectivity index is 2.09. The number of rotatable bonds is 2. The third-order valence-corrected chi connectivity index (χ3v) is 4.31. The molecule has 1 saturated carbocycles. The van der Waals surface area contributed by atoms with Crippen molar-refractivity contribution in [3.8, 4) is 0 Å². The summed E-state index contributed by atoms with van der Waals surface area (Å²) in [4.78, 5) is 0. The van der Waals surface area contributed by atoms with E-state index in [2.05, 4.69) is 22.3 Å². The minimum Gasteiger partial charge on any atom is -0.399 e. The van der Waals surface area contributed by atoms with Crippen molar-refractivity contribution in [3.63, 3.8) is 0 Å². The molecule has 1 aromatic heterocycles. The lowest BCUT2D eigenvalue weighted by molar-refractivity contribution is 0.299. The highest BCUT2D eigenvalue weighted by Gasteiger charge is 2.42. The Kier molecular flexibility index (Phi) is 2.17. The minimum absolute atomic E-state index is 0.0938. The first-order valence-electron chi connectivity index (χ1n) is 5.44. The maximum absolute atomic E-state index is 5.85. The zero-order chi connectivity index (χ0) is 11.0. The fraction of sp³-hybridized carbons (Fsp3) is 0.333. The van der Waals surface area contributed by atoms with Crippen LogP contribution in [0.15, 0.2) is 29.8 Å². The quantitative estimate of drug-likeness (QED) is 0.808. The number of nitrogens with two attached hydrogens (primary N) is 1. The fourth-order valence-corrected chi connectivity index (χ4v) is 3.21. The number of nitrogens with zero attached hydrogens (tertiary/aromatic N) is 2. The van der Waals surface area contributed by atoms with Crippen LogP contribution < -0.4 is 5.73 Å². The predicted octanol–water partition coefficient (Wildman–Crippen LogP) is 2.59. The van der Waals surface area contributed by atoms with Gasteiger partial charge in [-0.3, -0.25) is 0 Å². The zero-order valence-corrected chi connectivity index (χ0v) is 9.70. The van der Waals surface area contributed by atoms with Gasteiger partial charge in [0.15, 0.2) is 0 Å². The van der Waals surface area contributed by atoms with E-state index in [4.69, 9.17) is 5.73 Å². The van der Waals surface area contributed by atoms with E-state index in [1.54, 1.807) is 11.3 Å². The molecule has 1 heterocycles. The molecule has 1 aromatic carbocycles. The SMILES string of the molecule is Nc1cccc(C2(c3nncs3)CCC2)c1. The summed E-state index contributed by atoms with van der Waals surface area (Å²) in [6, 6.07) is 8.17. The van der Waals surface area contributed by atoms with Crippen LogP contribution in [0.2, 0.25) is 0 Å². The Morgan fingerprint density at radius 3 is 2.75 bits per heavy atom. The molecule has 1 aliphatic carbocycles. The van der Waals surface area contributed by atoms with Crippen molar-refractivity contribution in [1.82, 2.24) is 10.2 Å². The van der Waals surface area contributed by atoms with Crippen LogP contribution in [0.4, 0.5) is 5.69 Å². The monoisotopic (exact) mass is 231 g/mol. The molecule has 0 bridgehead atoms. The van der Waals surface area contributed by atoms with Gasteiger partial charge in [0.05, 0.1) is 0 Å². The Bertz CT molecular complexity index is 489. The zero-order valence-electron chi connectivity index (χ0n) is 8.89. The van der Waals surface area contributed by atoms with Gasteiger partial charge in [-0.15, -0.1) is 21.5 Å². The van der Waals surface area contributed by atoms with E-state index in [0.29, 0.717) is 0 Å². The third-order valence-electron chi connectivity index (χ3n) is 3.42. The van der Waals surface area contributed by atoms with Crippen LogP contribution in [0.5, 0.6) is 0 Å². The standard InChI is InChI=1S/C12H13N3S/c13-10-4-1-3-9(7-10)12(5-2-6-12)11-15-14-8-16-11/h1,3-4,7-8H,2,5-6,13H2. The van der Waals surface area contributed by atoms with Crippen LogP contribution >= 0.6 is 11.3 Å². The summed E-state index contributed by atoms with van der Waals surface area (Å²) in [5.41, 5.74) is 9.87. The maximum atomic E-state index is 5.85. The average molecular weight is 231 g/mol. The van der Waals surface area contributed by atoms with E-state index in [0.717, 1.165) is 23.5 Å². The van der Waals surface area contributed by atoms with Crippen LogP contribution in [0, 0.1) is 0 Å². The molecule has 0 radical (unpaired) electrons. The molecule has 3 rings (SSSR count). The van der Waals surface area contributed by atoms with Gasteiger partial charge in [0.25, 0.3) is 0 Å². The van der Waals surface area contributed by atoms with Gasteiger partial charge < -0.3 is 5.73 Å². The van der Waals surface area contributed by atoms with Crippen LogP contribution in [0.25, 0.3) is 0 Å². The number of hydrogen-bond acceptors (Lipinski definition) is 4. The van der Waals surface area contributed by atoms with E-state index < -0.39 is 0 Å². The van der Waals surface area contributed by atoms with Gasteiger partial charge in [0.1, 0.15) is 10.5 Å². The predicted molar refractivity (Wildman–Crippen MR) is 65.4 cm³/mol. The smallest absolute Gasteiger partial charge is 0.127 e. The highest BCUT2D eigenvalue weighted by atomic mass is 32.1. The van der Waals surface area contributed by atoms with Gasteiger partial charge >= 0.3 is 0 Å². The van der Waals surface area contributed by atoms with E-state index >= 15 is 0 Å². The molecule has 2 aromatic rings. The molecule has 0 unspecified atom stereocenters. The molecule has 0 aliphatic heterocycles. The number of anilines is 1. The summed E-state index contributed by atoms with van der Waals surface area (Å²) in [7, 11) is 0. The summed E-state index contributed by atoms with van der Waals surface area (Å²) in [6.07, 6.45) is 3.58. The molecule has 82 valence electrons. The van der Waals surface area contributed by atoms with Crippen molar-refractivity contribution >= 4 is 17.0 Å². The number of hydrogen-bond donors (Lipinski definition) is 1. The maximum Gasteiger partial charge on any atom is 0.127 e. The number of benzene rings is 1. The van der Waals surface area contributed by atoms with Crippen molar-refractivity contribution in [2.24, 2.45) is 0 Å². The summed E-state index contributed by atoms with van der Waals surface area (Å²) in [6.45, 7) is 0. The molecule has 4 heteroatoms. The molecule has 0 amide bonds. The van der Waals surface area contributed by atoms with Crippen molar-refractivity contribution in [3.05, 3.63) is 40.3 Å². The van der Waals surface area contributed by atoms with Gasteiger partial charge in [-0.1, -0.05) is 18.6 Å². The first kappa shape index (κ1) is 9.78. The minimum atomic E-state index is 0.0938. The van der Waals surface area contributed by atoms with Crippen molar-refractivity contribution in [1.29, 1.82) is 0 Å². The lowest BCUT2D eigenvalue weighted by Crippen LogP contribution is -2.35. The van der Waals surface area contributed by atoms with Gasteiger partial charge in [-0.25, -0.2) is 0 Å². The molecular formula is C12H13N3S. The van der Waals surface area contributed by atoms with Crippen molar-refractivity contribution in [2.75, 3.05) is 5.73 Å². The largest absolute Gasteiger partial charge is 0.399 e. The van der Waals surface area contributed by atoms with E-state index in [1.807, 2.05) is 17.6 Å². The normalized spacial score (nSPS) is 18.0. The highest BCUT2D eigenvalue weighted by Crippen LogP contribution is 2.49. The second kappa shape index (κ2) is 3.56. The van der Waals surface area contributed by atoms with E-state index in [1.165, 1.54) is 12.0 Å². The molecule has 0 atom stereocenters. The lowest BCUT2D eigenvalue weighted by Gasteiger charge is -2.40. The molecule has 2 N–H and O–H groups in total. The first-order valence-corrected chi connectivity index (χ1v) is 6.32. The summed E-state index contributed by atoms with van der Waals surface area (Å²) < 4.78 is 0. The molecular weight excluding hydrogens is 218 g/mol. The fourth-order valence-electron chi connectivity index (χ4n) is 2.37.